The maximum atomic E-state index is 5.58. The SMILES string of the molecule is COc1cc(/C=C/C=C/c2ccccc2)nc(N)n1. The van der Waals surface area contributed by atoms with Gasteiger partial charge in [0.2, 0.25) is 11.8 Å². The molecule has 0 fully saturated rings. The lowest BCUT2D eigenvalue weighted by atomic mass is 10.2. The summed E-state index contributed by atoms with van der Waals surface area (Å²) in [7, 11) is 1.55. The second-order valence-corrected chi connectivity index (χ2v) is 3.82. The first-order valence-electron chi connectivity index (χ1n) is 5.86. The average molecular weight is 253 g/mol. The summed E-state index contributed by atoms with van der Waals surface area (Å²) in [5.74, 6) is 0.658. The topological polar surface area (TPSA) is 61.0 Å². The van der Waals surface area contributed by atoms with Crippen LogP contribution in [0.25, 0.3) is 12.2 Å². The zero-order chi connectivity index (χ0) is 13.5. The molecule has 2 N–H and O–H groups in total. The molecule has 4 nitrogen and oxygen atoms in total. The first-order chi connectivity index (χ1) is 9.28. The number of anilines is 1. The van der Waals surface area contributed by atoms with Crippen LogP contribution in [0.4, 0.5) is 5.95 Å². The van der Waals surface area contributed by atoms with Crippen LogP contribution in [0.15, 0.2) is 48.6 Å². The molecule has 0 spiro atoms. The minimum Gasteiger partial charge on any atom is -0.481 e. The van der Waals surface area contributed by atoms with Crippen molar-refractivity contribution in [3.05, 3.63) is 59.8 Å². The predicted octanol–water partition coefficient (Wildman–Crippen LogP) is 2.79. The molecule has 0 saturated heterocycles. The van der Waals surface area contributed by atoms with Crippen molar-refractivity contribution in [1.82, 2.24) is 9.97 Å². The normalized spacial score (nSPS) is 11.2. The largest absolute Gasteiger partial charge is 0.481 e. The van der Waals surface area contributed by atoms with Gasteiger partial charge in [-0.2, -0.15) is 4.98 Å². The molecule has 4 heteroatoms. The van der Waals surface area contributed by atoms with Crippen molar-refractivity contribution in [2.45, 2.75) is 0 Å². The van der Waals surface area contributed by atoms with Gasteiger partial charge in [0.1, 0.15) is 0 Å². The highest BCUT2D eigenvalue weighted by Crippen LogP contribution is 2.11. The maximum absolute atomic E-state index is 5.58. The second kappa shape index (κ2) is 6.35. The van der Waals surface area contributed by atoms with Crippen LogP contribution in [0.2, 0.25) is 0 Å². The monoisotopic (exact) mass is 253 g/mol. The lowest BCUT2D eigenvalue weighted by molar-refractivity contribution is 0.397. The molecule has 0 aliphatic rings. The Labute approximate surface area is 112 Å². The van der Waals surface area contributed by atoms with E-state index in [1.165, 1.54) is 0 Å². The quantitative estimate of drug-likeness (QED) is 0.851. The van der Waals surface area contributed by atoms with E-state index in [0.717, 1.165) is 5.56 Å². The first-order valence-corrected chi connectivity index (χ1v) is 5.86. The van der Waals surface area contributed by atoms with Gasteiger partial charge >= 0.3 is 0 Å². The Morgan fingerprint density at radius 1 is 1.05 bits per heavy atom. The van der Waals surface area contributed by atoms with E-state index in [2.05, 4.69) is 9.97 Å². The average Bonchev–Trinajstić information content (AvgIpc) is 2.44. The maximum Gasteiger partial charge on any atom is 0.223 e. The number of aromatic nitrogens is 2. The van der Waals surface area contributed by atoms with Gasteiger partial charge < -0.3 is 10.5 Å². The molecule has 2 aromatic rings. The molecule has 0 radical (unpaired) electrons. The highest BCUT2D eigenvalue weighted by atomic mass is 16.5. The van der Waals surface area contributed by atoms with E-state index in [1.54, 1.807) is 13.2 Å². The summed E-state index contributed by atoms with van der Waals surface area (Å²) < 4.78 is 5.03. The Morgan fingerprint density at radius 2 is 1.79 bits per heavy atom. The third kappa shape index (κ3) is 3.96. The van der Waals surface area contributed by atoms with E-state index in [0.29, 0.717) is 11.6 Å². The standard InChI is InChI=1S/C15H15N3O/c1-19-14-11-13(17-15(16)18-14)10-6-5-9-12-7-3-2-4-8-12/h2-11H,1H3,(H2,16,17,18)/b9-5+,10-6+. The van der Waals surface area contributed by atoms with Crippen molar-refractivity contribution in [3.63, 3.8) is 0 Å². The van der Waals surface area contributed by atoms with Gasteiger partial charge in [-0.3, -0.25) is 0 Å². The number of methoxy groups -OCH3 is 1. The summed E-state index contributed by atoms with van der Waals surface area (Å²) in [4.78, 5) is 8.01. The number of benzene rings is 1. The molecule has 0 amide bonds. The lowest BCUT2D eigenvalue weighted by Gasteiger charge is -2.00. The van der Waals surface area contributed by atoms with Gasteiger partial charge in [-0.1, -0.05) is 48.6 Å². The molecule has 0 bridgehead atoms. The van der Waals surface area contributed by atoms with Crippen molar-refractivity contribution in [2.75, 3.05) is 12.8 Å². The molecule has 0 unspecified atom stereocenters. The number of nitrogens with zero attached hydrogens (tertiary/aromatic N) is 2. The summed E-state index contributed by atoms with van der Waals surface area (Å²) >= 11 is 0. The molecule has 0 aliphatic carbocycles. The minimum atomic E-state index is 0.200. The van der Waals surface area contributed by atoms with E-state index in [1.807, 2.05) is 54.6 Å². The molecule has 1 aromatic carbocycles. The zero-order valence-electron chi connectivity index (χ0n) is 10.7. The van der Waals surface area contributed by atoms with Gasteiger partial charge in [-0.05, 0) is 11.6 Å². The van der Waals surface area contributed by atoms with Crippen LogP contribution in [0, 0.1) is 0 Å². The number of ether oxygens (including phenoxy) is 1. The van der Waals surface area contributed by atoms with Crippen molar-refractivity contribution in [1.29, 1.82) is 0 Å². The predicted molar refractivity (Wildman–Crippen MR) is 77.5 cm³/mol. The van der Waals surface area contributed by atoms with E-state index >= 15 is 0 Å². The fourth-order valence-electron chi connectivity index (χ4n) is 1.54. The van der Waals surface area contributed by atoms with E-state index in [-0.39, 0.29) is 5.95 Å². The molecule has 19 heavy (non-hydrogen) atoms. The smallest absolute Gasteiger partial charge is 0.223 e. The Kier molecular flexibility index (Phi) is 4.29. The number of hydrogen-bond donors (Lipinski definition) is 1. The Bertz CT molecular complexity index is 592. The fraction of sp³-hybridized carbons (Fsp3) is 0.0667. The minimum absolute atomic E-state index is 0.200. The molecule has 0 saturated carbocycles. The number of nitrogens with two attached hydrogens (primary N) is 1. The van der Waals surface area contributed by atoms with Gasteiger partial charge in [0, 0.05) is 6.07 Å². The van der Waals surface area contributed by atoms with Crippen molar-refractivity contribution >= 4 is 18.1 Å². The highest BCUT2D eigenvalue weighted by Gasteiger charge is 1.98. The van der Waals surface area contributed by atoms with Gasteiger partial charge in [0.25, 0.3) is 0 Å². The molecule has 1 aromatic heterocycles. The highest BCUT2D eigenvalue weighted by molar-refractivity contribution is 5.56. The zero-order valence-corrected chi connectivity index (χ0v) is 10.7. The summed E-state index contributed by atoms with van der Waals surface area (Å²) in [5.41, 5.74) is 7.43. The number of nitrogen functional groups attached to an aromatic ring is 1. The Morgan fingerprint density at radius 3 is 2.53 bits per heavy atom. The van der Waals surface area contributed by atoms with Crippen molar-refractivity contribution < 1.29 is 4.74 Å². The van der Waals surface area contributed by atoms with E-state index in [9.17, 15) is 0 Å². The number of hydrogen-bond acceptors (Lipinski definition) is 4. The van der Waals surface area contributed by atoms with Crippen LogP contribution in [-0.2, 0) is 0 Å². The van der Waals surface area contributed by atoms with Gasteiger partial charge in [-0.25, -0.2) is 4.98 Å². The third-order valence-corrected chi connectivity index (χ3v) is 2.42. The third-order valence-electron chi connectivity index (χ3n) is 2.42. The molecule has 1 heterocycles. The molecule has 0 aliphatic heterocycles. The summed E-state index contributed by atoms with van der Waals surface area (Å²) in [6.45, 7) is 0. The molecule has 0 atom stereocenters. The van der Waals surface area contributed by atoms with Crippen LogP contribution in [-0.4, -0.2) is 17.1 Å². The van der Waals surface area contributed by atoms with Crippen molar-refractivity contribution in [3.8, 4) is 5.88 Å². The van der Waals surface area contributed by atoms with Crippen LogP contribution < -0.4 is 10.5 Å². The molecular weight excluding hydrogens is 238 g/mol. The summed E-state index contributed by atoms with van der Waals surface area (Å²) in [6.07, 6.45) is 7.70. The van der Waals surface area contributed by atoms with Crippen molar-refractivity contribution in [2.24, 2.45) is 0 Å². The molecular formula is C15H15N3O. The van der Waals surface area contributed by atoms with E-state index in [4.69, 9.17) is 10.5 Å². The number of allylic oxidation sites excluding steroid dienone is 2. The fourth-order valence-corrected chi connectivity index (χ4v) is 1.54. The van der Waals surface area contributed by atoms with Crippen LogP contribution >= 0.6 is 0 Å². The van der Waals surface area contributed by atoms with Gasteiger partial charge in [0.15, 0.2) is 0 Å². The molecule has 2 rings (SSSR count). The lowest BCUT2D eigenvalue weighted by Crippen LogP contribution is -1.98. The first kappa shape index (κ1) is 12.8. The Hall–Kier alpha value is -2.62. The Balaban J connectivity index is 2.07. The van der Waals surface area contributed by atoms with Crippen LogP contribution in [0.1, 0.15) is 11.3 Å². The summed E-state index contributed by atoms with van der Waals surface area (Å²) in [5, 5.41) is 0. The van der Waals surface area contributed by atoms with Gasteiger partial charge in [0.05, 0.1) is 12.8 Å². The molecule has 96 valence electrons. The van der Waals surface area contributed by atoms with E-state index < -0.39 is 0 Å². The van der Waals surface area contributed by atoms with Crippen LogP contribution in [0.3, 0.4) is 0 Å². The van der Waals surface area contributed by atoms with Gasteiger partial charge in [-0.15, -0.1) is 0 Å². The second-order valence-electron chi connectivity index (χ2n) is 3.82. The number of rotatable bonds is 4. The summed E-state index contributed by atoms with van der Waals surface area (Å²) in [6, 6.07) is 11.8. The van der Waals surface area contributed by atoms with Crippen LogP contribution in [0.5, 0.6) is 5.88 Å².